The number of aromatic nitrogens is 3. The van der Waals surface area contributed by atoms with E-state index in [0.717, 1.165) is 5.69 Å². The summed E-state index contributed by atoms with van der Waals surface area (Å²) in [6, 6.07) is 0. The molecule has 110 valence electrons. The van der Waals surface area contributed by atoms with Gasteiger partial charge in [0, 0.05) is 0 Å². The van der Waals surface area contributed by atoms with Crippen molar-refractivity contribution in [1.29, 1.82) is 0 Å². The molecule has 1 aromatic rings. The van der Waals surface area contributed by atoms with E-state index in [9.17, 15) is 5.11 Å². The highest BCUT2D eigenvalue weighted by Gasteiger charge is 2.65. The molecular formula is C12H17N3O5. The van der Waals surface area contributed by atoms with E-state index in [1.54, 1.807) is 10.9 Å². The van der Waals surface area contributed by atoms with Crippen molar-refractivity contribution in [1.82, 2.24) is 15.0 Å². The number of rotatable bonds is 1. The molecule has 0 aromatic carbocycles. The smallest absolute Gasteiger partial charge is 0.215 e. The lowest BCUT2D eigenvalue weighted by Gasteiger charge is -2.37. The molecule has 0 bridgehead atoms. The fraction of sp³-hybridized carbons (Fsp3) is 0.833. The minimum atomic E-state index is -0.921. The van der Waals surface area contributed by atoms with Crippen molar-refractivity contribution in [3.63, 3.8) is 0 Å². The predicted octanol–water partition coefficient (Wildman–Crippen LogP) is -0.628. The van der Waals surface area contributed by atoms with E-state index in [2.05, 4.69) is 10.3 Å². The summed E-state index contributed by atoms with van der Waals surface area (Å²) in [6.07, 6.45) is 0.427. The van der Waals surface area contributed by atoms with Gasteiger partial charge in [0.1, 0.15) is 18.3 Å². The van der Waals surface area contributed by atoms with Crippen LogP contribution in [-0.2, 0) is 31.3 Å². The van der Waals surface area contributed by atoms with Gasteiger partial charge in [-0.05, 0) is 13.8 Å². The van der Waals surface area contributed by atoms with Gasteiger partial charge < -0.3 is 24.1 Å². The van der Waals surface area contributed by atoms with Crippen molar-refractivity contribution in [2.45, 2.75) is 50.3 Å². The third-order valence-corrected chi connectivity index (χ3v) is 4.01. The van der Waals surface area contributed by atoms with Crippen molar-refractivity contribution in [2.75, 3.05) is 13.2 Å². The molecule has 4 heterocycles. The Bertz CT molecular complexity index is 533. The minimum Gasteiger partial charge on any atom is -0.394 e. The molecule has 8 nitrogen and oxygen atoms in total. The number of hydrogen-bond acceptors (Lipinski definition) is 7. The quantitative estimate of drug-likeness (QED) is 0.734. The number of ether oxygens (including phenoxy) is 4. The summed E-state index contributed by atoms with van der Waals surface area (Å²) in [6.45, 7) is 4.27. The van der Waals surface area contributed by atoms with E-state index in [1.165, 1.54) is 0 Å². The second-order valence-corrected chi connectivity index (χ2v) is 5.83. The molecule has 0 saturated carbocycles. The fourth-order valence-electron chi connectivity index (χ4n) is 3.27. The van der Waals surface area contributed by atoms with Crippen LogP contribution in [0.4, 0.5) is 0 Å². The van der Waals surface area contributed by atoms with E-state index in [0.29, 0.717) is 13.2 Å². The topological polar surface area (TPSA) is 87.9 Å². The molecule has 1 aromatic heterocycles. The normalized spacial score (nSPS) is 41.9. The Morgan fingerprint density at radius 2 is 2.25 bits per heavy atom. The van der Waals surface area contributed by atoms with Crippen LogP contribution in [0, 0.1) is 0 Å². The standard InChI is InChI=1S/C12H17N3O5/c1-11(2)19-9-8(4-16)18-12(10(9)20-11)6-17-5-7-3-13-14-15(7)12/h3,8-10,16H,4-6H2,1-2H3/t8-,9-,10-,12-/m1/s1. The first-order valence-corrected chi connectivity index (χ1v) is 6.68. The summed E-state index contributed by atoms with van der Waals surface area (Å²) < 4.78 is 25.2. The van der Waals surface area contributed by atoms with Crippen LogP contribution in [0.15, 0.2) is 6.20 Å². The molecule has 3 aliphatic heterocycles. The molecule has 4 atom stereocenters. The van der Waals surface area contributed by atoms with Crippen LogP contribution in [0.5, 0.6) is 0 Å². The lowest BCUT2D eigenvalue weighted by molar-refractivity contribution is -0.260. The fourth-order valence-corrected chi connectivity index (χ4v) is 3.27. The van der Waals surface area contributed by atoms with Crippen molar-refractivity contribution in [3.05, 3.63) is 11.9 Å². The second kappa shape index (κ2) is 3.99. The van der Waals surface area contributed by atoms with Crippen LogP contribution in [-0.4, -0.2) is 57.4 Å². The first-order chi connectivity index (χ1) is 9.56. The number of nitrogens with zero attached hydrogens (tertiary/aromatic N) is 3. The molecular weight excluding hydrogens is 266 g/mol. The molecule has 1 N–H and O–H groups in total. The van der Waals surface area contributed by atoms with Gasteiger partial charge >= 0.3 is 0 Å². The van der Waals surface area contributed by atoms with Gasteiger partial charge in [0.25, 0.3) is 0 Å². The van der Waals surface area contributed by atoms with Crippen molar-refractivity contribution >= 4 is 0 Å². The molecule has 0 aliphatic carbocycles. The van der Waals surface area contributed by atoms with Gasteiger partial charge in [-0.25, -0.2) is 4.68 Å². The molecule has 4 rings (SSSR count). The minimum absolute atomic E-state index is 0.146. The van der Waals surface area contributed by atoms with E-state index in [1.807, 2.05) is 13.8 Å². The highest BCUT2D eigenvalue weighted by Crippen LogP contribution is 2.47. The van der Waals surface area contributed by atoms with Gasteiger partial charge in [0.2, 0.25) is 5.72 Å². The van der Waals surface area contributed by atoms with E-state index in [-0.39, 0.29) is 12.7 Å². The predicted molar refractivity (Wildman–Crippen MR) is 63.4 cm³/mol. The zero-order valence-corrected chi connectivity index (χ0v) is 11.4. The van der Waals surface area contributed by atoms with Gasteiger partial charge in [-0.2, -0.15) is 0 Å². The SMILES string of the molecule is CC1(C)O[C@H]2[C@@H](O1)[C@@]1(COCc3cnnn31)O[C@@H]2CO. The number of fused-ring (bicyclic) bond motifs is 4. The summed E-state index contributed by atoms with van der Waals surface area (Å²) in [5, 5.41) is 17.6. The first kappa shape index (κ1) is 12.7. The molecule has 20 heavy (non-hydrogen) atoms. The van der Waals surface area contributed by atoms with Gasteiger partial charge in [-0.1, -0.05) is 5.21 Å². The Morgan fingerprint density at radius 1 is 1.40 bits per heavy atom. The highest BCUT2D eigenvalue weighted by molar-refractivity contribution is 5.09. The Morgan fingerprint density at radius 3 is 3.05 bits per heavy atom. The third kappa shape index (κ3) is 1.54. The van der Waals surface area contributed by atoms with Gasteiger partial charge in [-0.15, -0.1) is 5.10 Å². The van der Waals surface area contributed by atoms with Crippen LogP contribution in [0.3, 0.4) is 0 Å². The summed E-state index contributed by atoms with van der Waals surface area (Å²) in [5.74, 6) is -0.724. The average Bonchev–Trinajstić information content (AvgIpc) is 3.05. The Labute approximate surface area is 115 Å². The van der Waals surface area contributed by atoms with Crippen molar-refractivity contribution in [3.8, 4) is 0 Å². The van der Waals surface area contributed by atoms with Gasteiger partial charge in [0.05, 0.1) is 31.7 Å². The molecule has 1 spiro atoms. The largest absolute Gasteiger partial charge is 0.394 e. The van der Waals surface area contributed by atoms with E-state index in [4.69, 9.17) is 18.9 Å². The van der Waals surface area contributed by atoms with E-state index < -0.39 is 23.7 Å². The molecule has 0 radical (unpaired) electrons. The van der Waals surface area contributed by atoms with Crippen LogP contribution in [0.1, 0.15) is 19.5 Å². The summed E-state index contributed by atoms with van der Waals surface area (Å²) in [7, 11) is 0. The summed E-state index contributed by atoms with van der Waals surface area (Å²) in [4.78, 5) is 0. The van der Waals surface area contributed by atoms with Crippen molar-refractivity contribution < 1.29 is 24.1 Å². The number of aliphatic hydroxyl groups excluding tert-OH is 1. The summed E-state index contributed by atoms with van der Waals surface area (Å²) >= 11 is 0. The molecule has 0 amide bonds. The zero-order valence-electron chi connectivity index (χ0n) is 11.4. The van der Waals surface area contributed by atoms with Crippen molar-refractivity contribution in [2.24, 2.45) is 0 Å². The van der Waals surface area contributed by atoms with Gasteiger partial charge in [-0.3, -0.25) is 0 Å². The molecule has 3 aliphatic rings. The van der Waals surface area contributed by atoms with Gasteiger partial charge in [0.15, 0.2) is 5.79 Å². The van der Waals surface area contributed by atoms with Crippen LogP contribution >= 0.6 is 0 Å². The van der Waals surface area contributed by atoms with E-state index >= 15 is 0 Å². The zero-order chi connectivity index (χ0) is 14.0. The highest BCUT2D eigenvalue weighted by atomic mass is 16.8. The second-order valence-electron chi connectivity index (χ2n) is 5.83. The third-order valence-electron chi connectivity index (χ3n) is 4.01. The Hall–Kier alpha value is -1.06. The lowest BCUT2D eigenvalue weighted by Crippen LogP contribution is -2.52. The maximum absolute atomic E-state index is 9.55. The number of hydrogen-bond donors (Lipinski definition) is 1. The summed E-state index contributed by atoms with van der Waals surface area (Å²) in [5.41, 5.74) is -0.0995. The number of aliphatic hydroxyl groups is 1. The average molecular weight is 283 g/mol. The molecule has 2 saturated heterocycles. The Balaban J connectivity index is 1.80. The Kier molecular flexibility index (Phi) is 2.52. The molecule has 0 unspecified atom stereocenters. The van der Waals surface area contributed by atoms with Crippen LogP contribution in [0.2, 0.25) is 0 Å². The van der Waals surface area contributed by atoms with Crippen LogP contribution < -0.4 is 0 Å². The molecule has 8 heteroatoms. The first-order valence-electron chi connectivity index (χ1n) is 6.68. The lowest BCUT2D eigenvalue weighted by atomic mass is 10.0. The maximum Gasteiger partial charge on any atom is 0.215 e. The van der Waals surface area contributed by atoms with Crippen LogP contribution in [0.25, 0.3) is 0 Å². The maximum atomic E-state index is 9.55. The molecule has 2 fully saturated rings. The monoisotopic (exact) mass is 283 g/mol.